The Balaban J connectivity index is 2.36. The van der Waals surface area contributed by atoms with Crippen molar-refractivity contribution in [2.45, 2.75) is 46.3 Å². The zero-order chi connectivity index (χ0) is 15.4. The molecule has 1 heterocycles. The largest absolute Gasteiger partial charge is 0.349 e. The van der Waals surface area contributed by atoms with Gasteiger partial charge in [0.05, 0.1) is 5.69 Å². The summed E-state index contributed by atoms with van der Waals surface area (Å²) in [6, 6.07) is 11.4. The van der Waals surface area contributed by atoms with Crippen molar-refractivity contribution >= 4 is 16.5 Å². The van der Waals surface area contributed by atoms with E-state index in [9.17, 15) is 0 Å². The Bertz CT molecular complexity index is 561. The van der Waals surface area contributed by atoms with E-state index in [4.69, 9.17) is 4.98 Å². The molecule has 0 fully saturated rings. The molecule has 0 aliphatic heterocycles. The Morgan fingerprint density at radius 2 is 1.81 bits per heavy atom. The second kappa shape index (κ2) is 7.05. The predicted octanol–water partition coefficient (Wildman–Crippen LogP) is 4.15. The molecule has 0 saturated heterocycles. The van der Waals surface area contributed by atoms with Gasteiger partial charge in [-0.1, -0.05) is 55.5 Å². The highest BCUT2D eigenvalue weighted by molar-refractivity contribution is 7.16. The summed E-state index contributed by atoms with van der Waals surface area (Å²) < 4.78 is 0. The maximum absolute atomic E-state index is 4.88. The Kier molecular flexibility index (Phi) is 5.37. The maximum atomic E-state index is 4.88. The van der Waals surface area contributed by atoms with Crippen LogP contribution in [0.25, 0.3) is 11.3 Å². The monoisotopic (exact) mass is 303 g/mol. The molecule has 0 amide bonds. The molecule has 4 heteroatoms. The van der Waals surface area contributed by atoms with Gasteiger partial charge in [-0.25, -0.2) is 4.98 Å². The highest BCUT2D eigenvalue weighted by Crippen LogP contribution is 2.33. The van der Waals surface area contributed by atoms with E-state index in [-0.39, 0.29) is 0 Å². The molecular weight excluding hydrogens is 278 g/mol. The molecule has 2 aromatic rings. The summed E-state index contributed by atoms with van der Waals surface area (Å²) in [6.07, 6.45) is 0. The van der Waals surface area contributed by atoms with Crippen molar-refractivity contribution in [1.82, 2.24) is 10.3 Å². The molecule has 0 spiro atoms. The van der Waals surface area contributed by atoms with Crippen LogP contribution in [0.3, 0.4) is 0 Å². The van der Waals surface area contributed by atoms with E-state index >= 15 is 0 Å². The number of anilines is 1. The van der Waals surface area contributed by atoms with Crippen LogP contribution in [0.2, 0.25) is 0 Å². The molecule has 0 bridgehead atoms. The fourth-order valence-corrected chi connectivity index (χ4v) is 3.08. The van der Waals surface area contributed by atoms with E-state index < -0.39 is 0 Å². The van der Waals surface area contributed by atoms with Crippen molar-refractivity contribution in [1.29, 1.82) is 0 Å². The first kappa shape index (κ1) is 16.0. The summed E-state index contributed by atoms with van der Waals surface area (Å²) >= 11 is 1.79. The van der Waals surface area contributed by atoms with Gasteiger partial charge in [-0.3, -0.25) is 0 Å². The van der Waals surface area contributed by atoms with Crippen molar-refractivity contribution in [3.8, 4) is 11.3 Å². The first-order valence-electron chi connectivity index (χ1n) is 7.50. The Hall–Kier alpha value is -1.39. The summed E-state index contributed by atoms with van der Waals surface area (Å²) in [4.78, 5) is 8.42. The van der Waals surface area contributed by atoms with Gasteiger partial charge >= 0.3 is 0 Å². The summed E-state index contributed by atoms with van der Waals surface area (Å²) in [5.41, 5.74) is 2.30. The van der Waals surface area contributed by atoms with E-state index in [0.29, 0.717) is 12.1 Å². The third kappa shape index (κ3) is 4.05. The minimum absolute atomic E-state index is 0.450. The quantitative estimate of drug-likeness (QED) is 0.869. The minimum Gasteiger partial charge on any atom is -0.349 e. The second-order valence-electron chi connectivity index (χ2n) is 5.87. The lowest BCUT2D eigenvalue weighted by molar-refractivity contribution is 0.593. The van der Waals surface area contributed by atoms with Gasteiger partial charge in [-0.15, -0.1) is 0 Å². The van der Waals surface area contributed by atoms with Crippen molar-refractivity contribution < 1.29 is 0 Å². The summed E-state index contributed by atoms with van der Waals surface area (Å²) in [7, 11) is 2.11. The van der Waals surface area contributed by atoms with E-state index in [0.717, 1.165) is 17.4 Å². The second-order valence-corrected chi connectivity index (χ2v) is 6.94. The Morgan fingerprint density at radius 1 is 1.14 bits per heavy atom. The smallest absolute Gasteiger partial charge is 0.186 e. The maximum Gasteiger partial charge on any atom is 0.186 e. The lowest BCUT2D eigenvalue weighted by Crippen LogP contribution is -2.25. The van der Waals surface area contributed by atoms with Gasteiger partial charge in [0.25, 0.3) is 0 Å². The molecule has 2 rings (SSSR count). The zero-order valence-electron chi connectivity index (χ0n) is 13.6. The van der Waals surface area contributed by atoms with Crippen LogP contribution in [0.15, 0.2) is 30.3 Å². The first-order valence-corrected chi connectivity index (χ1v) is 8.32. The van der Waals surface area contributed by atoms with Crippen LogP contribution in [-0.2, 0) is 6.54 Å². The third-order valence-electron chi connectivity index (χ3n) is 3.48. The number of nitrogens with zero attached hydrogens (tertiary/aromatic N) is 2. The van der Waals surface area contributed by atoms with Crippen molar-refractivity contribution in [2.24, 2.45) is 0 Å². The molecule has 114 valence electrons. The molecule has 1 N–H and O–H groups in total. The van der Waals surface area contributed by atoms with Crippen LogP contribution in [-0.4, -0.2) is 24.1 Å². The number of thiazole rings is 1. The fourth-order valence-electron chi connectivity index (χ4n) is 1.95. The number of nitrogens with one attached hydrogen (secondary N) is 1. The molecule has 0 aliphatic rings. The highest BCUT2D eigenvalue weighted by atomic mass is 32.1. The van der Waals surface area contributed by atoms with Crippen molar-refractivity contribution in [3.63, 3.8) is 0 Å². The van der Waals surface area contributed by atoms with Crippen LogP contribution in [0.1, 0.15) is 32.6 Å². The normalized spacial score (nSPS) is 11.4. The topological polar surface area (TPSA) is 28.2 Å². The Morgan fingerprint density at radius 3 is 2.38 bits per heavy atom. The van der Waals surface area contributed by atoms with Crippen LogP contribution in [0, 0.1) is 0 Å². The van der Waals surface area contributed by atoms with Gasteiger partial charge in [0.2, 0.25) is 0 Å². The van der Waals surface area contributed by atoms with Crippen LogP contribution < -0.4 is 10.2 Å². The fraction of sp³-hybridized carbons (Fsp3) is 0.471. The molecule has 0 atom stereocenters. The van der Waals surface area contributed by atoms with Gasteiger partial charge in [-0.05, 0) is 13.8 Å². The van der Waals surface area contributed by atoms with E-state index in [1.165, 1.54) is 10.4 Å². The summed E-state index contributed by atoms with van der Waals surface area (Å²) in [6.45, 7) is 9.59. The standard InChI is InChI=1S/C17H25N3S/c1-12(2)18-11-15-16(14-9-7-6-8-10-14)19-17(21-15)20(5)13(3)4/h6-10,12-13,18H,11H2,1-5H3. The number of hydrogen-bond donors (Lipinski definition) is 1. The van der Waals surface area contributed by atoms with Crippen LogP contribution in [0.4, 0.5) is 5.13 Å². The number of rotatable bonds is 6. The van der Waals surface area contributed by atoms with Crippen LogP contribution in [0.5, 0.6) is 0 Å². The molecule has 1 aromatic carbocycles. The number of benzene rings is 1. The lowest BCUT2D eigenvalue weighted by Gasteiger charge is -2.19. The Labute approximate surface area is 132 Å². The molecule has 1 aromatic heterocycles. The summed E-state index contributed by atoms with van der Waals surface area (Å²) in [5.74, 6) is 0. The molecule has 0 saturated carbocycles. The predicted molar refractivity (Wildman–Crippen MR) is 93.1 cm³/mol. The molecule has 0 radical (unpaired) electrons. The van der Waals surface area contributed by atoms with Gasteiger partial charge < -0.3 is 10.2 Å². The van der Waals surface area contributed by atoms with E-state index in [1.54, 1.807) is 11.3 Å². The zero-order valence-corrected chi connectivity index (χ0v) is 14.4. The number of aromatic nitrogens is 1. The first-order chi connectivity index (χ1) is 9.99. The summed E-state index contributed by atoms with van der Waals surface area (Å²) in [5, 5.41) is 4.59. The lowest BCUT2D eigenvalue weighted by atomic mass is 10.1. The molecule has 0 unspecified atom stereocenters. The van der Waals surface area contributed by atoms with Crippen LogP contribution >= 0.6 is 11.3 Å². The van der Waals surface area contributed by atoms with E-state index in [1.807, 2.05) is 6.07 Å². The van der Waals surface area contributed by atoms with Gasteiger partial charge in [0.1, 0.15) is 0 Å². The minimum atomic E-state index is 0.450. The molecular formula is C17H25N3S. The number of hydrogen-bond acceptors (Lipinski definition) is 4. The third-order valence-corrected chi connectivity index (χ3v) is 4.63. The van der Waals surface area contributed by atoms with Gasteiger partial charge in [0.15, 0.2) is 5.13 Å². The van der Waals surface area contributed by atoms with Gasteiger partial charge in [0, 0.05) is 36.1 Å². The van der Waals surface area contributed by atoms with Gasteiger partial charge in [-0.2, -0.15) is 0 Å². The van der Waals surface area contributed by atoms with Crippen molar-refractivity contribution in [3.05, 3.63) is 35.2 Å². The molecule has 0 aliphatic carbocycles. The average molecular weight is 303 g/mol. The molecule has 21 heavy (non-hydrogen) atoms. The molecule has 3 nitrogen and oxygen atoms in total. The van der Waals surface area contributed by atoms with E-state index in [2.05, 4.69) is 69.2 Å². The van der Waals surface area contributed by atoms with Crippen molar-refractivity contribution in [2.75, 3.05) is 11.9 Å². The average Bonchev–Trinajstić information content (AvgIpc) is 2.89. The highest BCUT2D eigenvalue weighted by Gasteiger charge is 2.16. The SMILES string of the molecule is CC(C)NCc1sc(N(C)C(C)C)nc1-c1ccccc1.